The maximum Gasteiger partial charge on any atom is 0.394 e. The molecule has 1 rings (SSSR count). The van der Waals surface area contributed by atoms with Gasteiger partial charge in [0.15, 0.2) is 0 Å². The highest BCUT2D eigenvalue weighted by Gasteiger charge is 2.53. The van der Waals surface area contributed by atoms with Crippen molar-refractivity contribution in [2.24, 2.45) is 11.8 Å². The minimum Gasteiger partial charge on any atom is -0.481 e. The van der Waals surface area contributed by atoms with Gasteiger partial charge in [-0.1, -0.05) is 0 Å². The van der Waals surface area contributed by atoms with E-state index in [9.17, 15) is 22.8 Å². The molecule has 0 aromatic carbocycles. The molecule has 6 nitrogen and oxygen atoms in total. The minimum absolute atomic E-state index is 0.331. The van der Waals surface area contributed by atoms with E-state index in [0.717, 1.165) is 4.90 Å². The first kappa shape index (κ1) is 17.5. The molecule has 0 aromatic rings. The summed E-state index contributed by atoms with van der Waals surface area (Å²) < 4.78 is 43.3. The molecule has 0 unspecified atom stereocenters. The topological polar surface area (TPSA) is 70.1 Å². The summed E-state index contributed by atoms with van der Waals surface area (Å²) in [5.74, 6) is -5.16. The van der Waals surface area contributed by atoms with E-state index in [0.29, 0.717) is 19.6 Å². The summed E-state index contributed by atoms with van der Waals surface area (Å²) >= 11 is 0. The van der Waals surface area contributed by atoms with E-state index < -0.39 is 43.1 Å². The van der Waals surface area contributed by atoms with Crippen molar-refractivity contribution in [2.75, 3.05) is 40.4 Å². The number of carboxylic acids is 1. The summed E-state index contributed by atoms with van der Waals surface area (Å²) in [5.41, 5.74) is 0. The maximum absolute atomic E-state index is 12.8. The zero-order valence-electron chi connectivity index (χ0n) is 11.9. The van der Waals surface area contributed by atoms with Gasteiger partial charge in [0.1, 0.15) is 0 Å². The second-order valence-corrected chi connectivity index (χ2v) is 5.05. The molecule has 122 valence electrons. The zero-order chi connectivity index (χ0) is 16.2. The Hall–Kier alpha value is -1.51. The summed E-state index contributed by atoms with van der Waals surface area (Å²) in [5, 5.41) is 8.89. The fraction of sp³-hybridized carbons (Fsp3) is 0.833. The average Bonchev–Trinajstić information content (AvgIpc) is 2.83. The number of hydrogen-bond donors (Lipinski definition) is 1. The van der Waals surface area contributed by atoms with Gasteiger partial charge in [0, 0.05) is 40.4 Å². The van der Waals surface area contributed by atoms with Crippen LogP contribution in [-0.4, -0.2) is 73.5 Å². The number of urea groups is 1. The van der Waals surface area contributed by atoms with E-state index >= 15 is 0 Å². The van der Waals surface area contributed by atoms with Crippen molar-refractivity contribution >= 4 is 12.0 Å². The van der Waals surface area contributed by atoms with E-state index in [4.69, 9.17) is 9.84 Å². The van der Waals surface area contributed by atoms with Crippen LogP contribution in [0.1, 0.15) is 6.42 Å². The van der Waals surface area contributed by atoms with Gasteiger partial charge < -0.3 is 19.6 Å². The Labute approximate surface area is 120 Å². The zero-order valence-corrected chi connectivity index (χ0v) is 11.9. The third-order valence-electron chi connectivity index (χ3n) is 3.50. The fourth-order valence-electron chi connectivity index (χ4n) is 2.33. The number of alkyl halides is 3. The van der Waals surface area contributed by atoms with E-state index in [1.165, 1.54) is 19.1 Å². The van der Waals surface area contributed by atoms with Crippen LogP contribution in [0.25, 0.3) is 0 Å². The van der Waals surface area contributed by atoms with Crippen molar-refractivity contribution in [2.45, 2.75) is 12.6 Å². The molecule has 2 atom stereocenters. The number of aliphatic carboxylic acids is 1. The molecule has 1 saturated heterocycles. The van der Waals surface area contributed by atoms with E-state index in [2.05, 4.69) is 0 Å². The number of halogens is 3. The lowest BCUT2D eigenvalue weighted by Crippen LogP contribution is -2.41. The van der Waals surface area contributed by atoms with Crippen LogP contribution in [0, 0.1) is 11.8 Å². The first-order valence-electron chi connectivity index (χ1n) is 6.47. The number of carbonyl (C=O) groups is 2. The Morgan fingerprint density at radius 1 is 1.38 bits per heavy atom. The molecule has 9 heteroatoms. The number of ether oxygens (including phenoxy) is 1. The van der Waals surface area contributed by atoms with Crippen LogP contribution >= 0.6 is 0 Å². The van der Waals surface area contributed by atoms with Gasteiger partial charge >= 0.3 is 18.2 Å². The third-order valence-corrected chi connectivity index (χ3v) is 3.50. The lowest BCUT2D eigenvalue weighted by Gasteiger charge is -2.24. The van der Waals surface area contributed by atoms with Crippen molar-refractivity contribution in [3.05, 3.63) is 0 Å². The van der Waals surface area contributed by atoms with E-state index in [-0.39, 0.29) is 0 Å². The number of amides is 2. The molecule has 0 bridgehead atoms. The van der Waals surface area contributed by atoms with Crippen molar-refractivity contribution in [1.29, 1.82) is 0 Å². The number of rotatable bonds is 5. The molecule has 0 aliphatic carbocycles. The lowest BCUT2D eigenvalue weighted by atomic mass is 9.96. The van der Waals surface area contributed by atoms with Crippen LogP contribution in [0.5, 0.6) is 0 Å². The Morgan fingerprint density at radius 3 is 2.43 bits per heavy atom. The summed E-state index contributed by atoms with van der Waals surface area (Å²) in [4.78, 5) is 25.2. The standard InChI is InChI=1S/C12H19F3N2O4/c1-16(4-3-5-21-2)11(20)17-6-8(10(18)19)9(7-17)12(13,14)15/h8-9H,3-7H2,1-2H3,(H,18,19)/t8-,9-/m1/s1. The number of methoxy groups -OCH3 is 1. The highest BCUT2D eigenvalue weighted by Crippen LogP contribution is 2.37. The van der Waals surface area contributed by atoms with Crippen LogP contribution < -0.4 is 0 Å². The van der Waals surface area contributed by atoms with Crippen molar-refractivity contribution in [1.82, 2.24) is 9.80 Å². The van der Waals surface area contributed by atoms with Gasteiger partial charge in [-0.15, -0.1) is 0 Å². The number of carbonyl (C=O) groups excluding carboxylic acids is 1. The normalized spacial score (nSPS) is 22.4. The molecule has 0 spiro atoms. The summed E-state index contributed by atoms with van der Waals surface area (Å²) in [6.45, 7) is -0.279. The van der Waals surface area contributed by atoms with Crippen LogP contribution in [0.2, 0.25) is 0 Å². The Morgan fingerprint density at radius 2 is 2.00 bits per heavy atom. The molecule has 1 heterocycles. The van der Waals surface area contributed by atoms with Crippen molar-refractivity contribution in [3.63, 3.8) is 0 Å². The molecule has 1 aliphatic heterocycles. The SMILES string of the molecule is COCCCN(C)C(=O)N1C[C@@H](C(F)(F)F)[C@H](C(=O)O)C1. The van der Waals surface area contributed by atoms with E-state index in [1.54, 1.807) is 0 Å². The largest absolute Gasteiger partial charge is 0.481 e. The van der Waals surface area contributed by atoms with Crippen LogP contribution in [0.3, 0.4) is 0 Å². The van der Waals surface area contributed by atoms with Gasteiger partial charge in [0.05, 0.1) is 11.8 Å². The first-order valence-corrected chi connectivity index (χ1v) is 6.47. The maximum atomic E-state index is 12.8. The lowest BCUT2D eigenvalue weighted by molar-refractivity contribution is -0.187. The predicted octanol–water partition coefficient (Wildman–Crippen LogP) is 1.27. The molecule has 2 amide bonds. The number of nitrogens with zero attached hydrogens (tertiary/aromatic N) is 2. The second-order valence-electron chi connectivity index (χ2n) is 5.05. The summed E-state index contributed by atoms with van der Waals surface area (Å²) in [7, 11) is 2.97. The number of hydrogen-bond acceptors (Lipinski definition) is 3. The average molecular weight is 312 g/mol. The molecular weight excluding hydrogens is 293 g/mol. The van der Waals surface area contributed by atoms with Gasteiger partial charge in [0.25, 0.3) is 0 Å². The molecular formula is C12H19F3N2O4. The number of carboxylic acid groups (broad SMARTS) is 1. The summed E-state index contributed by atoms with van der Waals surface area (Å²) in [6.07, 6.45) is -4.08. The molecule has 21 heavy (non-hydrogen) atoms. The molecule has 1 N–H and O–H groups in total. The monoisotopic (exact) mass is 312 g/mol. The molecule has 0 saturated carbocycles. The number of likely N-dealkylation sites (tertiary alicyclic amines) is 1. The van der Waals surface area contributed by atoms with Gasteiger partial charge in [0.2, 0.25) is 0 Å². The highest BCUT2D eigenvalue weighted by molar-refractivity contribution is 5.77. The van der Waals surface area contributed by atoms with Gasteiger partial charge in [-0.2, -0.15) is 13.2 Å². The Kier molecular flexibility index (Phi) is 5.82. The molecule has 1 aliphatic rings. The minimum atomic E-state index is -4.63. The fourth-order valence-corrected chi connectivity index (χ4v) is 2.33. The molecule has 0 aromatic heterocycles. The smallest absolute Gasteiger partial charge is 0.394 e. The van der Waals surface area contributed by atoms with Gasteiger partial charge in [-0.3, -0.25) is 4.79 Å². The third kappa shape index (κ3) is 4.48. The molecule has 1 fully saturated rings. The Bertz CT molecular complexity index is 389. The second kappa shape index (κ2) is 6.97. The highest BCUT2D eigenvalue weighted by atomic mass is 19.4. The molecule has 0 radical (unpaired) electrons. The van der Waals surface area contributed by atoms with Gasteiger partial charge in [-0.25, -0.2) is 4.79 Å². The van der Waals surface area contributed by atoms with Crippen LogP contribution in [-0.2, 0) is 9.53 Å². The van der Waals surface area contributed by atoms with Crippen molar-refractivity contribution in [3.8, 4) is 0 Å². The van der Waals surface area contributed by atoms with E-state index in [1.807, 2.05) is 0 Å². The van der Waals surface area contributed by atoms with Crippen LogP contribution in [0.4, 0.5) is 18.0 Å². The Balaban J connectivity index is 2.68. The summed E-state index contributed by atoms with van der Waals surface area (Å²) in [6, 6.07) is -0.593. The first-order chi connectivity index (χ1) is 9.68. The quantitative estimate of drug-likeness (QED) is 0.776. The predicted molar refractivity (Wildman–Crippen MR) is 66.8 cm³/mol. The van der Waals surface area contributed by atoms with Crippen LogP contribution in [0.15, 0.2) is 0 Å². The van der Waals surface area contributed by atoms with Crippen molar-refractivity contribution < 1.29 is 32.6 Å². The van der Waals surface area contributed by atoms with Gasteiger partial charge in [-0.05, 0) is 6.42 Å².